The van der Waals surface area contributed by atoms with Crippen LogP contribution >= 0.6 is 0 Å². The minimum Gasteiger partial charge on any atom is -0.378 e. The van der Waals surface area contributed by atoms with Crippen LogP contribution in [0.5, 0.6) is 0 Å². The number of nitrogens with two attached hydrogens (primary N) is 1. The monoisotopic (exact) mass is 283 g/mol. The molecule has 6 nitrogen and oxygen atoms in total. The van der Waals surface area contributed by atoms with Gasteiger partial charge in [-0.25, -0.2) is 0 Å². The Kier molecular flexibility index (Phi) is 5.79. The number of nitrogens with one attached hydrogen (secondary N) is 2. The van der Waals surface area contributed by atoms with E-state index in [-0.39, 0.29) is 17.9 Å². The second-order valence-electron chi connectivity index (χ2n) is 5.71. The average molecular weight is 283 g/mol. The van der Waals surface area contributed by atoms with Crippen molar-refractivity contribution in [2.24, 2.45) is 5.73 Å². The maximum Gasteiger partial charge on any atom is 0.242 e. The van der Waals surface area contributed by atoms with Crippen molar-refractivity contribution >= 4 is 11.8 Å². The molecule has 1 saturated heterocycles. The lowest BCUT2D eigenvalue weighted by atomic mass is 9.94. The van der Waals surface area contributed by atoms with Gasteiger partial charge in [0.15, 0.2) is 0 Å². The SMILES string of the molecule is NC1CCC(OCCCNC(=O)C2CCC(=O)N2)CC1. The predicted octanol–water partition coefficient (Wildman–Crippen LogP) is 0.0578. The molecule has 1 aliphatic heterocycles. The molecule has 1 unspecified atom stereocenters. The molecule has 0 spiro atoms. The van der Waals surface area contributed by atoms with Crippen molar-refractivity contribution in [1.82, 2.24) is 10.6 Å². The molecule has 0 aromatic carbocycles. The van der Waals surface area contributed by atoms with Crippen LogP contribution in [0.25, 0.3) is 0 Å². The first kappa shape index (κ1) is 15.3. The van der Waals surface area contributed by atoms with E-state index >= 15 is 0 Å². The Morgan fingerprint density at radius 1 is 1.30 bits per heavy atom. The lowest BCUT2D eigenvalue weighted by Gasteiger charge is -2.26. The summed E-state index contributed by atoms with van der Waals surface area (Å²) in [6.45, 7) is 1.26. The van der Waals surface area contributed by atoms with Crippen molar-refractivity contribution in [2.45, 2.75) is 63.1 Å². The van der Waals surface area contributed by atoms with Crippen molar-refractivity contribution in [1.29, 1.82) is 0 Å². The average Bonchev–Trinajstić information content (AvgIpc) is 2.87. The molecule has 1 saturated carbocycles. The molecule has 2 aliphatic rings. The molecular formula is C14H25N3O3. The molecule has 0 aromatic heterocycles. The number of hydrogen-bond donors (Lipinski definition) is 3. The topological polar surface area (TPSA) is 93.4 Å². The maximum absolute atomic E-state index is 11.7. The van der Waals surface area contributed by atoms with Gasteiger partial charge in [0.2, 0.25) is 11.8 Å². The zero-order valence-electron chi connectivity index (χ0n) is 11.9. The van der Waals surface area contributed by atoms with Gasteiger partial charge in [-0.2, -0.15) is 0 Å². The summed E-state index contributed by atoms with van der Waals surface area (Å²) in [5, 5.41) is 5.49. The summed E-state index contributed by atoms with van der Waals surface area (Å²) in [6.07, 6.45) is 6.36. The minimum atomic E-state index is -0.344. The molecule has 20 heavy (non-hydrogen) atoms. The molecule has 4 N–H and O–H groups in total. The van der Waals surface area contributed by atoms with Crippen molar-refractivity contribution in [3.05, 3.63) is 0 Å². The van der Waals surface area contributed by atoms with Crippen molar-refractivity contribution in [3.63, 3.8) is 0 Å². The van der Waals surface area contributed by atoms with Gasteiger partial charge in [0, 0.05) is 25.6 Å². The fraction of sp³-hybridized carbons (Fsp3) is 0.857. The summed E-state index contributed by atoms with van der Waals surface area (Å²) in [7, 11) is 0. The molecule has 2 fully saturated rings. The lowest BCUT2D eigenvalue weighted by Crippen LogP contribution is -2.42. The number of amides is 2. The van der Waals surface area contributed by atoms with Gasteiger partial charge in [-0.15, -0.1) is 0 Å². The van der Waals surface area contributed by atoms with Gasteiger partial charge in [-0.3, -0.25) is 9.59 Å². The zero-order valence-corrected chi connectivity index (χ0v) is 11.9. The van der Waals surface area contributed by atoms with Gasteiger partial charge in [0.05, 0.1) is 6.10 Å². The Morgan fingerprint density at radius 2 is 2.05 bits per heavy atom. The summed E-state index contributed by atoms with van der Waals surface area (Å²) >= 11 is 0. The Morgan fingerprint density at radius 3 is 2.70 bits per heavy atom. The third-order valence-corrected chi connectivity index (χ3v) is 4.00. The van der Waals surface area contributed by atoms with E-state index in [1.54, 1.807) is 0 Å². The van der Waals surface area contributed by atoms with Gasteiger partial charge in [-0.1, -0.05) is 0 Å². The molecule has 2 amide bonds. The standard InChI is InChI=1S/C14H25N3O3/c15-10-2-4-11(5-3-10)20-9-1-8-16-14(19)12-6-7-13(18)17-12/h10-12H,1-9,15H2,(H,16,19)(H,17,18). The van der Waals surface area contributed by atoms with Gasteiger partial charge < -0.3 is 21.1 Å². The quantitative estimate of drug-likeness (QED) is 0.601. The van der Waals surface area contributed by atoms with Crippen molar-refractivity contribution in [2.75, 3.05) is 13.2 Å². The van der Waals surface area contributed by atoms with Gasteiger partial charge >= 0.3 is 0 Å². The van der Waals surface area contributed by atoms with E-state index in [1.807, 2.05) is 0 Å². The summed E-state index contributed by atoms with van der Waals surface area (Å²) in [4.78, 5) is 22.7. The van der Waals surface area contributed by atoms with Crippen LogP contribution in [0.1, 0.15) is 44.9 Å². The third kappa shape index (κ3) is 4.76. The summed E-state index contributed by atoms with van der Waals surface area (Å²) in [5.41, 5.74) is 5.84. The van der Waals surface area contributed by atoms with Crippen LogP contribution in [0, 0.1) is 0 Å². The zero-order chi connectivity index (χ0) is 14.4. The van der Waals surface area contributed by atoms with Crippen LogP contribution in [0.15, 0.2) is 0 Å². The number of carbonyl (C=O) groups is 2. The van der Waals surface area contributed by atoms with Crippen molar-refractivity contribution < 1.29 is 14.3 Å². The van der Waals surface area contributed by atoms with Crippen LogP contribution in [0.2, 0.25) is 0 Å². The van der Waals surface area contributed by atoms with Gasteiger partial charge in [-0.05, 0) is 38.5 Å². The molecule has 114 valence electrons. The number of rotatable bonds is 6. The Balaban J connectivity index is 1.49. The Labute approximate surface area is 119 Å². The van der Waals surface area contributed by atoms with Crippen LogP contribution in [-0.2, 0) is 14.3 Å². The normalized spacial score (nSPS) is 30.1. The van der Waals surface area contributed by atoms with E-state index in [1.165, 1.54) is 0 Å². The maximum atomic E-state index is 11.7. The first-order chi connectivity index (χ1) is 9.65. The predicted molar refractivity (Wildman–Crippen MR) is 75.0 cm³/mol. The lowest BCUT2D eigenvalue weighted by molar-refractivity contribution is -0.125. The first-order valence-corrected chi connectivity index (χ1v) is 7.59. The smallest absolute Gasteiger partial charge is 0.242 e. The first-order valence-electron chi connectivity index (χ1n) is 7.59. The summed E-state index contributed by atoms with van der Waals surface area (Å²) < 4.78 is 5.78. The number of ether oxygens (including phenoxy) is 1. The molecule has 6 heteroatoms. The molecule has 1 heterocycles. The van der Waals surface area contributed by atoms with Crippen LogP contribution < -0.4 is 16.4 Å². The molecule has 1 atom stereocenters. The highest BCUT2D eigenvalue weighted by Crippen LogP contribution is 2.19. The summed E-state index contributed by atoms with van der Waals surface area (Å²) in [6, 6.07) is -0.000916. The molecule has 0 bridgehead atoms. The summed E-state index contributed by atoms with van der Waals surface area (Å²) in [5.74, 6) is -0.122. The van der Waals surface area contributed by atoms with E-state index in [2.05, 4.69) is 10.6 Å². The van der Waals surface area contributed by atoms with Gasteiger partial charge in [0.1, 0.15) is 6.04 Å². The van der Waals surface area contributed by atoms with E-state index < -0.39 is 0 Å². The minimum absolute atomic E-state index is 0.0380. The highest BCUT2D eigenvalue weighted by atomic mass is 16.5. The fourth-order valence-electron chi connectivity index (χ4n) is 2.72. The van der Waals surface area contributed by atoms with Crippen LogP contribution in [0.3, 0.4) is 0 Å². The van der Waals surface area contributed by atoms with Crippen molar-refractivity contribution in [3.8, 4) is 0 Å². The second kappa shape index (κ2) is 7.59. The molecule has 0 aromatic rings. The van der Waals surface area contributed by atoms with E-state index in [0.29, 0.717) is 38.1 Å². The fourth-order valence-corrected chi connectivity index (χ4v) is 2.72. The van der Waals surface area contributed by atoms with E-state index in [4.69, 9.17) is 10.5 Å². The molecule has 2 rings (SSSR count). The Hall–Kier alpha value is -1.14. The second-order valence-corrected chi connectivity index (χ2v) is 5.71. The molecule has 1 aliphatic carbocycles. The van der Waals surface area contributed by atoms with E-state index in [9.17, 15) is 9.59 Å². The Bertz CT molecular complexity index is 341. The van der Waals surface area contributed by atoms with E-state index in [0.717, 1.165) is 32.1 Å². The molecular weight excluding hydrogens is 258 g/mol. The van der Waals surface area contributed by atoms with Gasteiger partial charge in [0.25, 0.3) is 0 Å². The third-order valence-electron chi connectivity index (χ3n) is 4.00. The van der Waals surface area contributed by atoms with Crippen LogP contribution in [-0.4, -0.2) is 43.2 Å². The van der Waals surface area contributed by atoms with Crippen LogP contribution in [0.4, 0.5) is 0 Å². The largest absolute Gasteiger partial charge is 0.378 e. The number of carbonyl (C=O) groups excluding carboxylic acids is 2. The molecule has 0 radical (unpaired) electrons. The highest BCUT2D eigenvalue weighted by Gasteiger charge is 2.26. The highest BCUT2D eigenvalue weighted by molar-refractivity contribution is 5.90. The number of hydrogen-bond acceptors (Lipinski definition) is 4.